The fraction of sp³-hybridized carbons (Fsp3) is 0.267. The van der Waals surface area contributed by atoms with E-state index in [4.69, 9.17) is 23.7 Å². The number of para-hydroxylation sites is 2. The zero-order chi connectivity index (χ0) is 33.1. The molecule has 2 N–H and O–H groups in total. The Bertz CT molecular complexity index is 1850. The van der Waals surface area contributed by atoms with Crippen LogP contribution in [-0.4, -0.2) is 86.1 Å². The van der Waals surface area contributed by atoms with Crippen molar-refractivity contribution in [1.82, 2.24) is 24.9 Å². The Labute approximate surface area is 270 Å². The normalized spacial score (nSPS) is 12.7. The van der Waals surface area contributed by atoms with Crippen LogP contribution in [0.4, 0.5) is 22.4 Å². The van der Waals surface area contributed by atoms with Gasteiger partial charge in [0.2, 0.25) is 11.7 Å². The molecule has 0 spiro atoms. The molecule has 5 rings (SSSR count). The number of hydrogen-bond donors (Lipinski definition) is 2. The van der Waals surface area contributed by atoms with Crippen molar-refractivity contribution in [2.24, 2.45) is 0 Å². The molecule has 4 aromatic rings. The minimum Gasteiger partial charge on any atom is -0.493 e. The van der Waals surface area contributed by atoms with Gasteiger partial charge in [0.1, 0.15) is 0 Å². The molecule has 1 fully saturated rings. The van der Waals surface area contributed by atoms with E-state index in [2.05, 4.69) is 46.8 Å². The highest BCUT2D eigenvalue weighted by Gasteiger charge is 2.27. The van der Waals surface area contributed by atoms with Crippen molar-refractivity contribution in [2.75, 3.05) is 61.6 Å². The molecule has 47 heavy (non-hydrogen) atoms. The average Bonchev–Trinajstić information content (AvgIpc) is 3.08. The Hall–Kier alpha value is -5.73. The van der Waals surface area contributed by atoms with Gasteiger partial charge in [0.25, 0.3) is 15.9 Å². The maximum atomic E-state index is 13.5. The Morgan fingerprint density at radius 1 is 1.00 bits per heavy atom. The van der Waals surface area contributed by atoms with E-state index in [1.807, 2.05) is 4.90 Å². The van der Waals surface area contributed by atoms with Crippen LogP contribution >= 0.6 is 0 Å². The highest BCUT2D eigenvalue weighted by atomic mass is 32.2. The van der Waals surface area contributed by atoms with Crippen molar-refractivity contribution in [3.05, 3.63) is 66.7 Å². The van der Waals surface area contributed by atoms with Gasteiger partial charge in [-0.1, -0.05) is 30.0 Å². The molecule has 0 aliphatic carbocycles. The first-order chi connectivity index (χ1) is 22.8. The van der Waals surface area contributed by atoms with Crippen molar-refractivity contribution < 1.29 is 36.9 Å². The van der Waals surface area contributed by atoms with Crippen LogP contribution in [0, 0.1) is 18.8 Å². The third-order valence-electron chi connectivity index (χ3n) is 6.26. The predicted octanol–water partition coefficient (Wildman–Crippen LogP) is 3.04. The fourth-order valence-corrected chi connectivity index (χ4v) is 4.94. The quantitative estimate of drug-likeness (QED) is 0.223. The molecule has 3 aromatic heterocycles. The van der Waals surface area contributed by atoms with Gasteiger partial charge in [-0.05, 0) is 30.7 Å². The van der Waals surface area contributed by atoms with Gasteiger partial charge in [0, 0.05) is 31.7 Å². The number of carbonyl (C=O) groups is 1. The van der Waals surface area contributed by atoms with Crippen LogP contribution in [0.2, 0.25) is 0 Å². The monoisotopic (exact) mass is 662 g/mol. The number of amides is 1. The summed E-state index contributed by atoms with van der Waals surface area (Å²) in [7, 11) is -2.77. The van der Waals surface area contributed by atoms with E-state index in [0.717, 1.165) is 5.56 Å². The number of ether oxygens (including phenoxy) is 5. The minimum atomic E-state index is -4.24. The number of anilines is 3. The lowest BCUT2D eigenvalue weighted by atomic mass is 10.3. The predicted molar refractivity (Wildman–Crippen MR) is 168 cm³/mol. The van der Waals surface area contributed by atoms with E-state index in [1.165, 1.54) is 38.0 Å². The van der Waals surface area contributed by atoms with E-state index in [-0.39, 0.29) is 53.2 Å². The summed E-state index contributed by atoms with van der Waals surface area (Å²) in [4.78, 5) is 34.7. The van der Waals surface area contributed by atoms with Gasteiger partial charge in [-0.15, -0.1) is 0 Å². The van der Waals surface area contributed by atoms with Crippen molar-refractivity contribution in [1.29, 1.82) is 0 Å². The van der Waals surface area contributed by atoms with Crippen LogP contribution in [0.5, 0.6) is 23.1 Å². The molecule has 17 heteroatoms. The lowest BCUT2D eigenvalue weighted by Gasteiger charge is -2.28. The van der Waals surface area contributed by atoms with Crippen LogP contribution < -0.4 is 29.1 Å². The summed E-state index contributed by atoms with van der Waals surface area (Å²) >= 11 is 0. The number of aryl methyl sites for hydroxylation is 1. The molecule has 1 amide bonds. The number of nitrogens with zero attached hydrogens (tertiary/aromatic N) is 6. The first-order valence-electron chi connectivity index (χ1n) is 14.1. The van der Waals surface area contributed by atoms with Gasteiger partial charge in [0.05, 0.1) is 26.5 Å². The van der Waals surface area contributed by atoms with Gasteiger partial charge >= 0.3 is 6.09 Å². The Balaban J connectivity index is 1.44. The third-order valence-corrected chi connectivity index (χ3v) is 7.52. The number of aromatic nitrogens is 5. The summed E-state index contributed by atoms with van der Waals surface area (Å²) in [5.74, 6) is 5.93. The third kappa shape index (κ3) is 8.93. The Morgan fingerprint density at radius 3 is 2.51 bits per heavy atom. The van der Waals surface area contributed by atoms with Crippen molar-refractivity contribution in [3.63, 3.8) is 0 Å². The lowest BCUT2D eigenvalue weighted by Crippen LogP contribution is -2.37. The Kier molecular flexibility index (Phi) is 10.8. The summed E-state index contributed by atoms with van der Waals surface area (Å²) < 4.78 is 57.5. The van der Waals surface area contributed by atoms with Crippen molar-refractivity contribution >= 4 is 33.7 Å². The molecule has 1 aliphatic heterocycles. The highest BCUT2D eigenvalue weighted by molar-refractivity contribution is 7.92. The average molecular weight is 663 g/mol. The second-order valence-corrected chi connectivity index (χ2v) is 11.2. The van der Waals surface area contributed by atoms with Gasteiger partial charge in [0.15, 0.2) is 41.4 Å². The number of nitrogens with one attached hydrogen (secondary N) is 2. The first-order valence-corrected chi connectivity index (χ1v) is 15.6. The smallest absolute Gasteiger partial charge is 0.413 e. The number of hydrogen-bond acceptors (Lipinski definition) is 14. The second kappa shape index (κ2) is 15.5. The summed E-state index contributed by atoms with van der Waals surface area (Å²) in [6.45, 7) is 3.05. The van der Waals surface area contributed by atoms with E-state index in [0.29, 0.717) is 32.1 Å². The molecule has 16 nitrogen and oxygen atoms in total. The number of pyridine rings is 1. The lowest BCUT2D eigenvalue weighted by molar-refractivity contribution is 0.122. The second-order valence-electron chi connectivity index (χ2n) is 9.57. The topological polar surface area (TPSA) is 189 Å². The van der Waals surface area contributed by atoms with Crippen molar-refractivity contribution in [3.8, 4) is 35.0 Å². The number of sulfonamides is 1. The number of methoxy groups -OCH3 is 1. The molecule has 4 heterocycles. The molecule has 0 saturated carbocycles. The van der Waals surface area contributed by atoms with Crippen LogP contribution in [0.1, 0.15) is 5.56 Å². The fourth-order valence-electron chi connectivity index (χ4n) is 4.00. The van der Waals surface area contributed by atoms with Gasteiger partial charge in [-0.25, -0.2) is 14.8 Å². The summed E-state index contributed by atoms with van der Waals surface area (Å²) in [6, 6.07) is 9.77. The maximum Gasteiger partial charge on any atom is 0.413 e. The summed E-state index contributed by atoms with van der Waals surface area (Å²) in [5.41, 5.74) is 0.786. The number of morpholine rings is 1. The van der Waals surface area contributed by atoms with Crippen molar-refractivity contribution in [2.45, 2.75) is 11.9 Å². The number of benzene rings is 1. The summed E-state index contributed by atoms with van der Waals surface area (Å²) in [5, 5.41) is 2.20. The maximum absolute atomic E-state index is 13.5. The first kappa shape index (κ1) is 32.7. The SMILES string of the molecule is COc1ccccc1Oc1c(NS(=O)(=O)c2ccc(C)cn2)nc(N2CCOCC2)nc1OCC#CCOC(=O)Nc1cnccn1. The van der Waals surface area contributed by atoms with E-state index < -0.39 is 16.1 Å². The molecular weight excluding hydrogens is 632 g/mol. The number of rotatable bonds is 11. The molecular formula is C30H30N8O8S. The molecule has 0 atom stereocenters. The largest absolute Gasteiger partial charge is 0.493 e. The van der Waals surface area contributed by atoms with Gasteiger partial charge < -0.3 is 28.6 Å². The standard InChI is InChI=1S/C30H30N8O8S/c1-21-9-10-25(33-19-21)47(40,41)37-27-26(46-23-8-4-3-7-22(23)42-2)28(36-29(35-27)38-13-17-43-18-14-38)44-15-5-6-16-45-30(39)34-24-20-31-11-12-32-24/h3-4,7-12,19-20H,13-18H2,1-2H3,(H,32,34,39)(H,35,36,37). The zero-order valence-corrected chi connectivity index (χ0v) is 26.2. The highest BCUT2D eigenvalue weighted by Crippen LogP contribution is 2.41. The Morgan fingerprint density at radius 2 is 1.79 bits per heavy atom. The zero-order valence-electron chi connectivity index (χ0n) is 25.4. The van der Waals surface area contributed by atoms with Gasteiger partial charge in [-0.3, -0.25) is 15.0 Å². The number of carbonyl (C=O) groups excluding carboxylic acids is 1. The molecule has 1 saturated heterocycles. The van der Waals surface area contributed by atoms with Crippen LogP contribution in [0.15, 0.2) is 66.2 Å². The minimum absolute atomic E-state index is 0.113. The van der Waals surface area contributed by atoms with Crippen LogP contribution in [0.3, 0.4) is 0 Å². The molecule has 0 radical (unpaired) electrons. The molecule has 1 aromatic carbocycles. The van der Waals surface area contributed by atoms with Crippen LogP contribution in [-0.2, 0) is 19.5 Å². The molecule has 0 unspecified atom stereocenters. The molecule has 1 aliphatic rings. The van der Waals surface area contributed by atoms with E-state index in [9.17, 15) is 13.2 Å². The van der Waals surface area contributed by atoms with Gasteiger partial charge in [-0.2, -0.15) is 18.4 Å². The molecule has 244 valence electrons. The van der Waals surface area contributed by atoms with Crippen LogP contribution in [0.25, 0.3) is 0 Å². The molecule has 0 bridgehead atoms. The summed E-state index contributed by atoms with van der Waals surface area (Å²) in [6.07, 6.45) is 4.93. The van der Waals surface area contributed by atoms with E-state index >= 15 is 0 Å². The van der Waals surface area contributed by atoms with E-state index in [1.54, 1.807) is 37.3 Å².